The maximum Gasteiger partial charge on any atom is 0.0152 e. The van der Waals surface area contributed by atoms with Crippen molar-refractivity contribution in [3.05, 3.63) is 35.2 Å². The van der Waals surface area contributed by atoms with Crippen LogP contribution in [0.1, 0.15) is 20.8 Å². The van der Waals surface area contributed by atoms with Gasteiger partial charge in [0.2, 0.25) is 0 Å². The van der Waals surface area contributed by atoms with Gasteiger partial charge < -0.3 is 5.32 Å². The molecule has 0 amide bonds. The first kappa shape index (κ1) is 7.13. The molecule has 0 fully saturated rings. The van der Waals surface area contributed by atoms with Crippen LogP contribution in [0.15, 0.2) is 35.2 Å². The van der Waals surface area contributed by atoms with E-state index in [2.05, 4.69) is 31.8 Å². The van der Waals surface area contributed by atoms with Gasteiger partial charge in [-0.2, -0.15) is 0 Å². The number of allylic oxidation sites excluding steroid dienone is 5. The Hall–Kier alpha value is -0.980. The molecule has 0 radical (unpaired) electrons. The molecule has 1 rings (SSSR count). The largest absolute Gasteiger partial charge is 0.362 e. The Morgan fingerprint density at radius 1 is 1.30 bits per heavy atom. The van der Waals surface area contributed by atoms with E-state index in [1.165, 1.54) is 17.0 Å². The molecule has 1 aliphatic rings. The van der Waals surface area contributed by atoms with Gasteiger partial charge in [0.05, 0.1) is 0 Å². The van der Waals surface area contributed by atoms with E-state index in [0.717, 1.165) is 5.57 Å². The average molecular weight is 135 g/mol. The van der Waals surface area contributed by atoms with E-state index in [-0.39, 0.29) is 0 Å². The van der Waals surface area contributed by atoms with Crippen molar-refractivity contribution in [2.24, 2.45) is 0 Å². The normalized spacial score (nSPS) is 18.7. The fourth-order valence-corrected chi connectivity index (χ4v) is 1.04. The number of hydrogen-bond acceptors (Lipinski definition) is 1. The lowest BCUT2D eigenvalue weighted by molar-refractivity contribution is 0.923. The number of hydrogen-bond donors (Lipinski definition) is 1. The summed E-state index contributed by atoms with van der Waals surface area (Å²) in [5.74, 6) is 0. The Morgan fingerprint density at radius 2 is 1.90 bits per heavy atom. The third-order valence-corrected chi connectivity index (χ3v) is 1.82. The molecule has 0 saturated heterocycles. The molecular weight excluding hydrogens is 122 g/mol. The van der Waals surface area contributed by atoms with Crippen LogP contribution in [-0.4, -0.2) is 0 Å². The van der Waals surface area contributed by atoms with E-state index in [0.29, 0.717) is 0 Å². The van der Waals surface area contributed by atoms with Gasteiger partial charge in [0.15, 0.2) is 0 Å². The summed E-state index contributed by atoms with van der Waals surface area (Å²) in [6.45, 7) is 10.1. The maximum atomic E-state index is 3.92. The molecular formula is C9H13N. The highest BCUT2D eigenvalue weighted by Crippen LogP contribution is 2.18. The first-order valence-electron chi connectivity index (χ1n) is 3.43. The number of rotatable bonds is 0. The Morgan fingerprint density at radius 3 is 2.40 bits per heavy atom. The molecule has 0 bridgehead atoms. The van der Waals surface area contributed by atoms with Gasteiger partial charge in [0.25, 0.3) is 0 Å². The fraction of sp³-hybridized carbons (Fsp3) is 0.333. The number of nitrogens with one attached hydrogen (secondary N) is 1. The van der Waals surface area contributed by atoms with Gasteiger partial charge >= 0.3 is 0 Å². The highest BCUT2D eigenvalue weighted by molar-refractivity contribution is 5.44. The van der Waals surface area contributed by atoms with Gasteiger partial charge in [-0.1, -0.05) is 6.58 Å². The SMILES string of the molecule is C=C1C=C(C)NC(C)=C1C. The van der Waals surface area contributed by atoms with Crippen molar-refractivity contribution in [2.45, 2.75) is 20.8 Å². The van der Waals surface area contributed by atoms with Crippen molar-refractivity contribution >= 4 is 0 Å². The Kier molecular flexibility index (Phi) is 1.66. The topological polar surface area (TPSA) is 12.0 Å². The predicted molar refractivity (Wildman–Crippen MR) is 44.4 cm³/mol. The molecule has 54 valence electrons. The summed E-state index contributed by atoms with van der Waals surface area (Å²) in [6.07, 6.45) is 2.06. The van der Waals surface area contributed by atoms with Crippen LogP contribution < -0.4 is 5.32 Å². The zero-order valence-electron chi connectivity index (χ0n) is 6.78. The van der Waals surface area contributed by atoms with E-state index in [1.807, 2.05) is 6.92 Å². The first-order valence-corrected chi connectivity index (χ1v) is 3.43. The zero-order chi connectivity index (χ0) is 7.72. The van der Waals surface area contributed by atoms with Gasteiger partial charge in [0, 0.05) is 11.4 Å². The standard InChI is InChI=1S/C9H13N/c1-6-5-7(2)10-9(4)8(6)3/h5,10H,1H2,2-4H3. The minimum absolute atomic E-state index is 1.12. The van der Waals surface area contributed by atoms with Crippen LogP contribution in [-0.2, 0) is 0 Å². The molecule has 1 N–H and O–H groups in total. The van der Waals surface area contributed by atoms with Gasteiger partial charge in [-0.25, -0.2) is 0 Å². The van der Waals surface area contributed by atoms with Crippen LogP contribution in [0.3, 0.4) is 0 Å². The quantitative estimate of drug-likeness (QED) is 0.537. The summed E-state index contributed by atoms with van der Waals surface area (Å²) in [4.78, 5) is 0. The summed E-state index contributed by atoms with van der Waals surface area (Å²) in [7, 11) is 0. The van der Waals surface area contributed by atoms with Crippen molar-refractivity contribution in [3.63, 3.8) is 0 Å². The Balaban J connectivity index is 2.96. The molecule has 0 saturated carbocycles. The second kappa shape index (κ2) is 2.33. The Bertz CT molecular complexity index is 231. The smallest absolute Gasteiger partial charge is 0.0152 e. The van der Waals surface area contributed by atoms with Crippen molar-refractivity contribution < 1.29 is 0 Å². The molecule has 1 aliphatic heterocycles. The van der Waals surface area contributed by atoms with Crippen LogP contribution in [0, 0.1) is 0 Å². The highest BCUT2D eigenvalue weighted by Gasteiger charge is 2.05. The number of dihydropyridines is 1. The lowest BCUT2D eigenvalue weighted by Crippen LogP contribution is -2.14. The second-order valence-electron chi connectivity index (χ2n) is 2.73. The van der Waals surface area contributed by atoms with E-state index in [9.17, 15) is 0 Å². The maximum absolute atomic E-state index is 3.92. The molecule has 0 unspecified atom stereocenters. The fourth-order valence-electron chi connectivity index (χ4n) is 1.04. The molecule has 1 heteroatoms. The van der Waals surface area contributed by atoms with Crippen LogP contribution in [0.25, 0.3) is 0 Å². The summed E-state index contributed by atoms with van der Waals surface area (Å²) in [5, 5.41) is 3.24. The minimum Gasteiger partial charge on any atom is -0.362 e. The molecule has 10 heavy (non-hydrogen) atoms. The van der Waals surface area contributed by atoms with E-state index >= 15 is 0 Å². The average Bonchev–Trinajstić information content (AvgIpc) is 1.82. The molecule has 0 aromatic rings. The molecule has 1 nitrogen and oxygen atoms in total. The van der Waals surface area contributed by atoms with Gasteiger partial charge in [-0.3, -0.25) is 0 Å². The van der Waals surface area contributed by atoms with Crippen molar-refractivity contribution in [2.75, 3.05) is 0 Å². The molecule has 0 aromatic carbocycles. The molecule has 0 aliphatic carbocycles. The van der Waals surface area contributed by atoms with Crippen molar-refractivity contribution in [1.82, 2.24) is 5.32 Å². The monoisotopic (exact) mass is 135 g/mol. The van der Waals surface area contributed by atoms with Crippen molar-refractivity contribution in [1.29, 1.82) is 0 Å². The summed E-state index contributed by atoms with van der Waals surface area (Å²) < 4.78 is 0. The van der Waals surface area contributed by atoms with Gasteiger partial charge in [-0.15, -0.1) is 0 Å². The van der Waals surface area contributed by atoms with E-state index < -0.39 is 0 Å². The first-order chi connectivity index (χ1) is 4.61. The van der Waals surface area contributed by atoms with E-state index in [1.54, 1.807) is 0 Å². The molecule has 0 atom stereocenters. The third-order valence-electron chi connectivity index (χ3n) is 1.82. The van der Waals surface area contributed by atoms with Gasteiger partial charge in [-0.05, 0) is 38.0 Å². The second-order valence-corrected chi connectivity index (χ2v) is 2.73. The summed E-state index contributed by atoms with van der Waals surface area (Å²) >= 11 is 0. The Labute approximate surface area is 62.1 Å². The van der Waals surface area contributed by atoms with Crippen LogP contribution >= 0.6 is 0 Å². The predicted octanol–water partition coefficient (Wildman–Crippen LogP) is 2.34. The third kappa shape index (κ3) is 1.13. The minimum atomic E-state index is 1.12. The van der Waals surface area contributed by atoms with E-state index in [4.69, 9.17) is 0 Å². The highest BCUT2D eigenvalue weighted by atomic mass is 14.9. The molecule has 0 aromatic heterocycles. The van der Waals surface area contributed by atoms with Crippen LogP contribution in [0.2, 0.25) is 0 Å². The summed E-state index contributed by atoms with van der Waals surface area (Å²) in [5.41, 5.74) is 4.76. The zero-order valence-corrected chi connectivity index (χ0v) is 6.78. The lowest BCUT2D eigenvalue weighted by atomic mass is 10.0. The van der Waals surface area contributed by atoms with Gasteiger partial charge in [0.1, 0.15) is 0 Å². The summed E-state index contributed by atoms with van der Waals surface area (Å²) in [6, 6.07) is 0. The lowest BCUT2D eigenvalue weighted by Gasteiger charge is -2.17. The van der Waals surface area contributed by atoms with Crippen LogP contribution in [0.5, 0.6) is 0 Å². The van der Waals surface area contributed by atoms with Crippen molar-refractivity contribution in [3.8, 4) is 0 Å². The van der Waals surface area contributed by atoms with Crippen LogP contribution in [0.4, 0.5) is 0 Å². The molecule has 1 heterocycles. The molecule has 0 spiro atoms.